The summed E-state index contributed by atoms with van der Waals surface area (Å²) in [6, 6.07) is 7.46. The predicted octanol–water partition coefficient (Wildman–Crippen LogP) is 2.62. The van der Waals surface area contributed by atoms with E-state index in [-0.39, 0.29) is 5.91 Å². The van der Waals surface area contributed by atoms with E-state index < -0.39 is 0 Å². The minimum absolute atomic E-state index is 0.0121. The summed E-state index contributed by atoms with van der Waals surface area (Å²) >= 11 is 4.90. The number of amidine groups is 1. The monoisotopic (exact) mass is 298 g/mol. The summed E-state index contributed by atoms with van der Waals surface area (Å²) in [6.07, 6.45) is 1.93. The number of benzene rings is 1. The van der Waals surface area contributed by atoms with Crippen molar-refractivity contribution in [1.29, 1.82) is 0 Å². The van der Waals surface area contributed by atoms with E-state index in [9.17, 15) is 4.79 Å². The number of amides is 1. The van der Waals surface area contributed by atoms with Gasteiger partial charge < -0.3 is 0 Å². The molecule has 1 aromatic carbocycles. The number of aliphatic imine (C=N–C) groups is 1. The highest BCUT2D eigenvalue weighted by molar-refractivity contribution is 9.10. The Kier molecular flexibility index (Phi) is 3.66. The van der Waals surface area contributed by atoms with Crippen molar-refractivity contribution in [3.05, 3.63) is 34.3 Å². The van der Waals surface area contributed by atoms with Gasteiger partial charge in [-0.3, -0.25) is 14.7 Å². The maximum absolute atomic E-state index is 12.2. The Balaban J connectivity index is 2.27. The lowest BCUT2D eigenvalue weighted by molar-refractivity contribution is 0.0860. The third kappa shape index (κ3) is 2.15. The fourth-order valence-corrected chi connectivity index (χ4v) is 2.64. The number of halogens is 1. The summed E-state index contributed by atoms with van der Waals surface area (Å²) in [6.45, 7) is 1.38. The molecule has 0 aromatic heterocycles. The molecule has 16 heavy (non-hydrogen) atoms. The summed E-state index contributed by atoms with van der Waals surface area (Å²) in [5.41, 5.74) is 0.686. The Bertz CT molecular complexity index is 447. The number of thioether (sulfide) groups is 1. The largest absolute Gasteiger partial charge is 0.286 e. The summed E-state index contributed by atoms with van der Waals surface area (Å²) in [4.78, 5) is 18.2. The molecule has 0 saturated carbocycles. The quantitative estimate of drug-likeness (QED) is 0.798. The van der Waals surface area contributed by atoms with Gasteiger partial charge in [0.2, 0.25) is 0 Å². The van der Waals surface area contributed by atoms with Gasteiger partial charge in [-0.25, -0.2) is 0 Å². The molecule has 1 aliphatic heterocycles. The number of carbonyl (C=O) groups excluding carboxylic acids is 1. The lowest BCUT2D eigenvalue weighted by Gasteiger charge is -2.17. The third-order valence-electron chi connectivity index (χ3n) is 2.33. The highest BCUT2D eigenvalue weighted by Crippen LogP contribution is 2.21. The highest BCUT2D eigenvalue weighted by atomic mass is 79.9. The minimum Gasteiger partial charge on any atom is -0.286 e. The van der Waals surface area contributed by atoms with Crippen LogP contribution in [-0.4, -0.2) is 35.3 Å². The maximum Gasteiger partial charge on any atom is 0.261 e. The van der Waals surface area contributed by atoms with Crippen LogP contribution in [0.3, 0.4) is 0 Å². The molecule has 1 heterocycles. The molecule has 0 spiro atoms. The van der Waals surface area contributed by atoms with E-state index in [0.717, 1.165) is 9.64 Å². The lowest BCUT2D eigenvalue weighted by atomic mass is 10.2. The van der Waals surface area contributed by atoms with E-state index in [1.54, 1.807) is 4.90 Å². The van der Waals surface area contributed by atoms with Crippen molar-refractivity contribution >= 4 is 38.8 Å². The Morgan fingerprint density at radius 1 is 1.50 bits per heavy atom. The van der Waals surface area contributed by atoms with Crippen LogP contribution >= 0.6 is 27.7 Å². The van der Waals surface area contributed by atoms with Gasteiger partial charge in [-0.15, -0.1) is 0 Å². The average molecular weight is 299 g/mol. The van der Waals surface area contributed by atoms with Crippen LogP contribution in [0.2, 0.25) is 0 Å². The van der Waals surface area contributed by atoms with Crippen molar-refractivity contribution in [3.63, 3.8) is 0 Å². The second-order valence-corrected chi connectivity index (χ2v) is 4.93. The van der Waals surface area contributed by atoms with Crippen LogP contribution in [0.5, 0.6) is 0 Å². The van der Waals surface area contributed by atoms with Crippen LogP contribution in [0.25, 0.3) is 0 Å². The zero-order valence-electron chi connectivity index (χ0n) is 8.81. The van der Waals surface area contributed by atoms with E-state index in [2.05, 4.69) is 20.9 Å². The van der Waals surface area contributed by atoms with Crippen molar-refractivity contribution in [1.82, 2.24) is 4.90 Å². The molecule has 3 nitrogen and oxygen atoms in total. The van der Waals surface area contributed by atoms with E-state index in [0.29, 0.717) is 18.7 Å². The Hall–Kier alpha value is -0.810. The van der Waals surface area contributed by atoms with Crippen LogP contribution in [0.1, 0.15) is 10.4 Å². The van der Waals surface area contributed by atoms with Gasteiger partial charge in [-0.2, -0.15) is 0 Å². The molecule has 5 heteroatoms. The van der Waals surface area contributed by atoms with E-state index in [1.807, 2.05) is 30.5 Å². The Labute approximate surface area is 107 Å². The van der Waals surface area contributed by atoms with Gasteiger partial charge in [0.05, 0.1) is 12.1 Å². The first kappa shape index (κ1) is 11.7. The molecule has 2 rings (SSSR count). The fraction of sp³-hybridized carbons (Fsp3) is 0.273. The van der Waals surface area contributed by atoms with Crippen molar-refractivity contribution in [3.8, 4) is 0 Å². The SMILES string of the molecule is CSC1=NCCN1C(=O)c1ccccc1Br. The number of hydrogen-bond acceptors (Lipinski definition) is 3. The molecule has 1 aliphatic rings. The van der Waals surface area contributed by atoms with Crippen LogP contribution in [0, 0.1) is 0 Å². The van der Waals surface area contributed by atoms with Gasteiger partial charge in [-0.1, -0.05) is 23.9 Å². The van der Waals surface area contributed by atoms with Gasteiger partial charge in [-0.05, 0) is 34.3 Å². The minimum atomic E-state index is 0.0121. The zero-order chi connectivity index (χ0) is 11.5. The first-order valence-electron chi connectivity index (χ1n) is 4.89. The normalized spacial score (nSPS) is 15.1. The predicted molar refractivity (Wildman–Crippen MR) is 71.0 cm³/mol. The van der Waals surface area contributed by atoms with Gasteiger partial charge in [0.15, 0.2) is 5.17 Å². The van der Waals surface area contributed by atoms with Crippen LogP contribution in [0.15, 0.2) is 33.7 Å². The Morgan fingerprint density at radius 3 is 2.94 bits per heavy atom. The molecule has 0 fully saturated rings. The molecule has 1 aromatic rings. The van der Waals surface area contributed by atoms with Crippen molar-refractivity contribution in [2.75, 3.05) is 19.3 Å². The van der Waals surface area contributed by atoms with Crippen LogP contribution in [0.4, 0.5) is 0 Å². The molecular formula is C11H11BrN2OS. The van der Waals surface area contributed by atoms with Crippen LogP contribution in [-0.2, 0) is 0 Å². The maximum atomic E-state index is 12.2. The molecule has 0 radical (unpaired) electrons. The summed E-state index contributed by atoms with van der Waals surface area (Å²) in [7, 11) is 0. The number of hydrogen-bond donors (Lipinski definition) is 0. The number of carbonyl (C=O) groups is 1. The summed E-state index contributed by atoms with van der Waals surface area (Å²) in [5, 5.41) is 0.806. The highest BCUT2D eigenvalue weighted by Gasteiger charge is 2.25. The molecule has 0 bridgehead atoms. The number of rotatable bonds is 1. The second kappa shape index (κ2) is 5.01. The van der Waals surface area contributed by atoms with Crippen molar-refractivity contribution < 1.29 is 4.79 Å². The summed E-state index contributed by atoms with van der Waals surface area (Å²) < 4.78 is 0.826. The van der Waals surface area contributed by atoms with E-state index in [1.165, 1.54) is 11.8 Å². The molecule has 0 aliphatic carbocycles. The molecule has 0 saturated heterocycles. The van der Waals surface area contributed by atoms with Gasteiger partial charge in [0, 0.05) is 11.0 Å². The first-order chi connectivity index (χ1) is 7.74. The lowest BCUT2D eigenvalue weighted by Crippen LogP contribution is -2.32. The van der Waals surface area contributed by atoms with E-state index in [4.69, 9.17) is 0 Å². The molecule has 0 N–H and O–H groups in total. The molecule has 1 amide bonds. The van der Waals surface area contributed by atoms with Crippen molar-refractivity contribution in [2.24, 2.45) is 4.99 Å². The molecule has 84 valence electrons. The molecular weight excluding hydrogens is 288 g/mol. The van der Waals surface area contributed by atoms with Crippen LogP contribution < -0.4 is 0 Å². The topological polar surface area (TPSA) is 32.7 Å². The summed E-state index contributed by atoms with van der Waals surface area (Å²) in [5.74, 6) is 0.0121. The smallest absolute Gasteiger partial charge is 0.261 e. The van der Waals surface area contributed by atoms with Gasteiger partial charge >= 0.3 is 0 Å². The Morgan fingerprint density at radius 2 is 2.25 bits per heavy atom. The van der Waals surface area contributed by atoms with E-state index >= 15 is 0 Å². The second-order valence-electron chi connectivity index (χ2n) is 3.31. The average Bonchev–Trinajstić information content (AvgIpc) is 2.77. The first-order valence-corrected chi connectivity index (χ1v) is 6.90. The van der Waals surface area contributed by atoms with Crippen molar-refractivity contribution in [2.45, 2.75) is 0 Å². The fourth-order valence-electron chi connectivity index (χ4n) is 1.57. The zero-order valence-corrected chi connectivity index (χ0v) is 11.2. The van der Waals surface area contributed by atoms with Gasteiger partial charge in [0.1, 0.15) is 0 Å². The third-order valence-corrected chi connectivity index (χ3v) is 3.74. The molecule has 0 unspecified atom stereocenters. The standard InChI is InChI=1S/C11H11BrN2OS/c1-16-11-13-6-7-14(11)10(15)8-4-2-3-5-9(8)12/h2-5H,6-7H2,1H3. The molecule has 0 atom stereocenters. The number of nitrogens with zero attached hydrogens (tertiary/aromatic N) is 2. The van der Waals surface area contributed by atoms with Gasteiger partial charge in [0.25, 0.3) is 5.91 Å².